The van der Waals surface area contributed by atoms with Crippen molar-refractivity contribution in [3.05, 3.63) is 29.8 Å². The average Bonchev–Trinajstić information content (AvgIpc) is 3.32. The lowest BCUT2D eigenvalue weighted by Gasteiger charge is -2.22. The molecule has 1 aromatic rings. The number of anilines is 1. The minimum atomic E-state index is -0.322. The largest absolute Gasteiger partial charge is 0.378 e. The predicted octanol–water partition coefficient (Wildman–Crippen LogP) is 3.83. The van der Waals surface area contributed by atoms with Gasteiger partial charge in [-0.1, -0.05) is 31.4 Å². The highest BCUT2D eigenvalue weighted by Crippen LogP contribution is 2.20. The summed E-state index contributed by atoms with van der Waals surface area (Å²) in [5.74, 6) is 0.701. The molecule has 0 radical (unpaired) electrons. The Balaban J connectivity index is 0.00000341. The SMILES string of the molecule is CN=C(NCCCOC1CCCCC1)NCc1cccc(NC(=O)C2CCCO2)c1.I. The van der Waals surface area contributed by atoms with Crippen molar-refractivity contribution in [1.29, 1.82) is 0 Å². The number of nitrogens with one attached hydrogen (secondary N) is 3. The molecule has 0 bridgehead atoms. The molecule has 1 saturated carbocycles. The van der Waals surface area contributed by atoms with E-state index in [0.29, 0.717) is 19.3 Å². The number of halogens is 1. The fraction of sp³-hybridized carbons (Fsp3) is 0.652. The second kappa shape index (κ2) is 14.6. The summed E-state index contributed by atoms with van der Waals surface area (Å²) in [7, 11) is 1.77. The Hall–Kier alpha value is -1.39. The van der Waals surface area contributed by atoms with E-state index in [-0.39, 0.29) is 36.0 Å². The van der Waals surface area contributed by atoms with Crippen LogP contribution in [-0.2, 0) is 20.8 Å². The van der Waals surface area contributed by atoms with Crippen molar-refractivity contribution >= 4 is 41.5 Å². The summed E-state index contributed by atoms with van der Waals surface area (Å²) in [6.45, 7) is 2.91. The van der Waals surface area contributed by atoms with Crippen LogP contribution < -0.4 is 16.0 Å². The van der Waals surface area contributed by atoms with Crippen molar-refractivity contribution in [3.8, 4) is 0 Å². The molecule has 1 unspecified atom stereocenters. The lowest BCUT2D eigenvalue weighted by molar-refractivity contribution is -0.124. The molecule has 1 aliphatic carbocycles. The molecule has 2 aliphatic rings. The van der Waals surface area contributed by atoms with Crippen LogP contribution in [0.25, 0.3) is 0 Å². The molecule has 3 rings (SSSR count). The molecule has 1 atom stereocenters. The highest BCUT2D eigenvalue weighted by atomic mass is 127. The molecule has 1 aliphatic heterocycles. The molecule has 7 nitrogen and oxygen atoms in total. The fourth-order valence-corrected chi connectivity index (χ4v) is 3.93. The van der Waals surface area contributed by atoms with Gasteiger partial charge in [-0.15, -0.1) is 24.0 Å². The molecule has 0 aromatic heterocycles. The molecule has 174 valence electrons. The molecule has 1 saturated heterocycles. The number of benzene rings is 1. The van der Waals surface area contributed by atoms with E-state index >= 15 is 0 Å². The van der Waals surface area contributed by atoms with Gasteiger partial charge in [0.15, 0.2) is 5.96 Å². The van der Waals surface area contributed by atoms with Crippen LogP contribution in [0.1, 0.15) is 56.9 Å². The zero-order chi connectivity index (χ0) is 21.0. The number of rotatable bonds is 9. The number of guanidine groups is 1. The van der Waals surface area contributed by atoms with Crippen LogP contribution in [0, 0.1) is 0 Å². The second-order valence-corrected chi connectivity index (χ2v) is 8.03. The quantitative estimate of drug-likeness (QED) is 0.191. The highest BCUT2D eigenvalue weighted by molar-refractivity contribution is 14.0. The Morgan fingerprint density at radius 1 is 1.16 bits per heavy atom. The van der Waals surface area contributed by atoms with Gasteiger partial charge in [0.25, 0.3) is 5.91 Å². The van der Waals surface area contributed by atoms with Gasteiger partial charge in [-0.3, -0.25) is 9.79 Å². The van der Waals surface area contributed by atoms with Gasteiger partial charge < -0.3 is 25.4 Å². The average molecular weight is 544 g/mol. The van der Waals surface area contributed by atoms with Crippen LogP contribution in [0.4, 0.5) is 5.69 Å². The lowest BCUT2D eigenvalue weighted by Crippen LogP contribution is -2.37. The van der Waals surface area contributed by atoms with E-state index in [2.05, 4.69) is 20.9 Å². The van der Waals surface area contributed by atoms with Crippen molar-refractivity contribution in [1.82, 2.24) is 10.6 Å². The summed E-state index contributed by atoms with van der Waals surface area (Å²) < 4.78 is 11.4. The summed E-state index contributed by atoms with van der Waals surface area (Å²) >= 11 is 0. The first kappa shape index (κ1) is 25.9. The summed E-state index contributed by atoms with van der Waals surface area (Å²) in [5.41, 5.74) is 1.86. The van der Waals surface area contributed by atoms with E-state index in [1.807, 2.05) is 24.3 Å². The van der Waals surface area contributed by atoms with E-state index in [1.165, 1.54) is 32.1 Å². The first-order valence-corrected chi connectivity index (χ1v) is 11.3. The molecule has 1 amide bonds. The molecule has 31 heavy (non-hydrogen) atoms. The summed E-state index contributed by atoms with van der Waals surface area (Å²) in [4.78, 5) is 16.5. The summed E-state index contributed by atoms with van der Waals surface area (Å²) in [6.07, 6.45) is 9.23. The number of hydrogen-bond acceptors (Lipinski definition) is 4. The monoisotopic (exact) mass is 544 g/mol. The van der Waals surface area contributed by atoms with Crippen LogP contribution in [0.2, 0.25) is 0 Å². The third-order valence-electron chi connectivity index (χ3n) is 5.62. The number of carbonyl (C=O) groups is 1. The van der Waals surface area contributed by atoms with E-state index in [4.69, 9.17) is 9.47 Å². The molecular formula is C23H37IN4O3. The minimum absolute atomic E-state index is 0. The van der Waals surface area contributed by atoms with Crippen LogP contribution in [0.3, 0.4) is 0 Å². The molecular weight excluding hydrogens is 507 g/mol. The number of aliphatic imine (C=N–C) groups is 1. The van der Waals surface area contributed by atoms with Crippen molar-refractivity contribution in [2.45, 2.75) is 70.1 Å². The summed E-state index contributed by atoms with van der Waals surface area (Å²) in [6, 6.07) is 7.85. The normalized spacial score (nSPS) is 19.5. The highest BCUT2D eigenvalue weighted by Gasteiger charge is 2.23. The fourth-order valence-electron chi connectivity index (χ4n) is 3.93. The molecule has 8 heteroatoms. The third-order valence-corrected chi connectivity index (χ3v) is 5.62. The molecule has 2 fully saturated rings. The van der Waals surface area contributed by atoms with Crippen molar-refractivity contribution in [3.63, 3.8) is 0 Å². The van der Waals surface area contributed by atoms with Gasteiger partial charge in [-0.2, -0.15) is 0 Å². The van der Waals surface area contributed by atoms with Gasteiger partial charge in [0, 0.05) is 39.0 Å². The van der Waals surface area contributed by atoms with E-state index in [9.17, 15) is 4.79 Å². The van der Waals surface area contributed by atoms with Crippen molar-refractivity contribution in [2.75, 3.05) is 32.1 Å². The van der Waals surface area contributed by atoms with Crippen LogP contribution >= 0.6 is 24.0 Å². The first-order valence-electron chi connectivity index (χ1n) is 11.3. The van der Waals surface area contributed by atoms with Gasteiger partial charge in [-0.25, -0.2) is 0 Å². The van der Waals surface area contributed by atoms with Crippen molar-refractivity contribution in [2.24, 2.45) is 4.99 Å². The molecule has 0 spiro atoms. The topological polar surface area (TPSA) is 84.0 Å². The van der Waals surface area contributed by atoms with E-state index in [0.717, 1.165) is 49.6 Å². The summed E-state index contributed by atoms with van der Waals surface area (Å²) in [5, 5.41) is 9.61. The zero-order valence-corrected chi connectivity index (χ0v) is 20.9. The first-order chi connectivity index (χ1) is 14.7. The Morgan fingerprint density at radius 3 is 2.74 bits per heavy atom. The van der Waals surface area contributed by atoms with Crippen molar-refractivity contribution < 1.29 is 14.3 Å². The number of amides is 1. The van der Waals surface area contributed by atoms with Crippen LogP contribution in [0.5, 0.6) is 0 Å². The maximum atomic E-state index is 12.2. The zero-order valence-electron chi connectivity index (χ0n) is 18.5. The maximum Gasteiger partial charge on any atom is 0.253 e. The minimum Gasteiger partial charge on any atom is -0.378 e. The third kappa shape index (κ3) is 9.33. The van der Waals surface area contributed by atoms with Gasteiger partial charge in [-0.05, 0) is 49.8 Å². The molecule has 1 heterocycles. The Kier molecular flexibility index (Phi) is 12.2. The predicted molar refractivity (Wildman–Crippen MR) is 135 cm³/mol. The van der Waals surface area contributed by atoms with E-state index < -0.39 is 0 Å². The maximum absolute atomic E-state index is 12.2. The van der Waals surface area contributed by atoms with Gasteiger partial charge in [0.05, 0.1) is 6.10 Å². The Bertz CT molecular complexity index is 689. The number of nitrogens with zero attached hydrogens (tertiary/aromatic N) is 1. The molecule has 1 aromatic carbocycles. The number of ether oxygens (including phenoxy) is 2. The standard InChI is InChI=1S/C23H36N4O3.HI/c1-24-23(25-13-7-15-29-20-10-3-2-4-11-20)26-17-18-8-5-9-19(16-18)27-22(28)21-12-6-14-30-21;/h5,8-9,16,20-21H,2-4,6-7,10-15,17H2,1H3,(H,27,28)(H2,24,25,26);1H. The van der Waals surface area contributed by atoms with E-state index in [1.54, 1.807) is 7.05 Å². The van der Waals surface area contributed by atoms with Gasteiger partial charge in [0.1, 0.15) is 6.10 Å². The second-order valence-electron chi connectivity index (χ2n) is 8.03. The van der Waals surface area contributed by atoms with Gasteiger partial charge >= 0.3 is 0 Å². The van der Waals surface area contributed by atoms with Gasteiger partial charge in [0.2, 0.25) is 0 Å². The number of carbonyl (C=O) groups excluding carboxylic acids is 1. The van der Waals surface area contributed by atoms with Crippen LogP contribution in [-0.4, -0.2) is 50.9 Å². The Labute approximate surface area is 203 Å². The molecule has 3 N–H and O–H groups in total. The smallest absolute Gasteiger partial charge is 0.253 e. The number of hydrogen-bond donors (Lipinski definition) is 3. The van der Waals surface area contributed by atoms with Crippen LogP contribution in [0.15, 0.2) is 29.3 Å². The lowest BCUT2D eigenvalue weighted by atomic mass is 9.98. The Morgan fingerprint density at radius 2 is 2.00 bits per heavy atom.